The van der Waals surface area contributed by atoms with Gasteiger partial charge in [0.1, 0.15) is 17.0 Å². The summed E-state index contributed by atoms with van der Waals surface area (Å²) in [5.41, 5.74) is -0.297. The van der Waals surface area contributed by atoms with E-state index in [2.05, 4.69) is 10.3 Å². The maximum atomic E-state index is 14.5. The second-order valence-corrected chi connectivity index (χ2v) is 6.32. The number of aromatic nitrogens is 3. The Labute approximate surface area is 165 Å². The van der Waals surface area contributed by atoms with Crippen LogP contribution in [0, 0.1) is 5.82 Å². The minimum absolute atomic E-state index is 0.0182. The predicted octanol–water partition coefficient (Wildman–Crippen LogP) is 2.82. The first-order chi connectivity index (χ1) is 13.5. The molecule has 3 aromatic rings. The van der Waals surface area contributed by atoms with Gasteiger partial charge in [-0.15, -0.1) is 5.10 Å². The summed E-state index contributed by atoms with van der Waals surface area (Å²) in [6.45, 7) is 4.54. The molecular weight excluding hydrogens is 387 g/mol. The maximum Gasteiger partial charge on any atom is 0.282 e. The van der Waals surface area contributed by atoms with Crippen LogP contribution in [-0.4, -0.2) is 45.5 Å². The zero-order valence-electron chi connectivity index (χ0n) is 15.4. The van der Waals surface area contributed by atoms with Crippen molar-refractivity contribution in [3.05, 3.63) is 57.6 Å². The van der Waals surface area contributed by atoms with Gasteiger partial charge < -0.3 is 9.64 Å². The molecule has 0 fully saturated rings. The van der Waals surface area contributed by atoms with Crippen LogP contribution < -0.4 is 10.3 Å². The zero-order chi connectivity index (χ0) is 20.3. The van der Waals surface area contributed by atoms with Gasteiger partial charge in [0.05, 0.1) is 10.4 Å². The van der Waals surface area contributed by atoms with Crippen LogP contribution in [0.1, 0.15) is 13.8 Å². The number of likely N-dealkylation sites (N-methyl/N-ethyl adjacent to an activating group) is 1. The Kier molecular flexibility index (Phi) is 5.89. The molecule has 0 unspecified atom stereocenters. The second-order valence-electron chi connectivity index (χ2n) is 5.91. The first-order valence-corrected chi connectivity index (χ1v) is 9.08. The van der Waals surface area contributed by atoms with E-state index < -0.39 is 11.4 Å². The Hall–Kier alpha value is -3.00. The summed E-state index contributed by atoms with van der Waals surface area (Å²) >= 11 is 6.04. The quantitative estimate of drug-likeness (QED) is 0.631. The lowest BCUT2D eigenvalue weighted by Gasteiger charge is -2.19. The van der Waals surface area contributed by atoms with Crippen LogP contribution in [0.2, 0.25) is 5.02 Å². The van der Waals surface area contributed by atoms with Crippen molar-refractivity contribution in [1.82, 2.24) is 19.9 Å². The third-order valence-electron chi connectivity index (χ3n) is 4.27. The van der Waals surface area contributed by atoms with Gasteiger partial charge in [-0.1, -0.05) is 28.9 Å². The lowest BCUT2D eigenvalue weighted by atomic mass is 10.2. The van der Waals surface area contributed by atoms with E-state index in [9.17, 15) is 14.0 Å². The molecule has 7 nitrogen and oxygen atoms in total. The summed E-state index contributed by atoms with van der Waals surface area (Å²) in [7, 11) is 0. The first kappa shape index (κ1) is 19.8. The Morgan fingerprint density at radius 2 is 1.96 bits per heavy atom. The molecule has 146 valence electrons. The summed E-state index contributed by atoms with van der Waals surface area (Å²) < 4.78 is 20.8. The molecule has 1 amide bonds. The summed E-state index contributed by atoms with van der Waals surface area (Å²) in [6.07, 6.45) is 0. The summed E-state index contributed by atoms with van der Waals surface area (Å²) in [6, 6.07) is 8.87. The molecule has 0 radical (unpaired) electrons. The van der Waals surface area contributed by atoms with Gasteiger partial charge in [-0.2, -0.15) is 4.68 Å². The number of rotatable bonds is 6. The number of ether oxygens (including phenoxy) is 1. The van der Waals surface area contributed by atoms with Crippen molar-refractivity contribution < 1.29 is 13.9 Å². The Morgan fingerprint density at radius 1 is 1.25 bits per heavy atom. The second kappa shape index (κ2) is 8.35. The molecular formula is C19H18ClFN4O3. The van der Waals surface area contributed by atoms with Gasteiger partial charge in [0, 0.05) is 19.2 Å². The van der Waals surface area contributed by atoms with Crippen LogP contribution in [-0.2, 0) is 4.79 Å². The molecule has 2 aromatic carbocycles. The van der Waals surface area contributed by atoms with Crippen molar-refractivity contribution in [2.45, 2.75) is 13.8 Å². The Balaban J connectivity index is 1.97. The number of hydrogen-bond donors (Lipinski definition) is 0. The minimum atomic E-state index is -0.765. The third kappa shape index (κ3) is 3.82. The summed E-state index contributed by atoms with van der Waals surface area (Å²) in [5.74, 6) is -0.922. The van der Waals surface area contributed by atoms with Crippen molar-refractivity contribution in [2.24, 2.45) is 0 Å². The fraction of sp³-hybridized carbons (Fsp3) is 0.263. The van der Waals surface area contributed by atoms with Gasteiger partial charge in [0.25, 0.3) is 11.5 Å². The zero-order valence-corrected chi connectivity index (χ0v) is 16.1. The molecule has 0 aliphatic rings. The highest BCUT2D eigenvalue weighted by Gasteiger charge is 2.17. The molecule has 0 saturated heterocycles. The van der Waals surface area contributed by atoms with E-state index in [1.807, 2.05) is 13.8 Å². The number of carbonyl (C=O) groups is 1. The van der Waals surface area contributed by atoms with Gasteiger partial charge in [0.2, 0.25) is 0 Å². The van der Waals surface area contributed by atoms with Crippen LogP contribution in [0.15, 0.2) is 41.2 Å². The van der Waals surface area contributed by atoms with Gasteiger partial charge in [-0.3, -0.25) is 9.59 Å². The van der Waals surface area contributed by atoms with Crippen LogP contribution in [0.4, 0.5) is 4.39 Å². The van der Waals surface area contributed by atoms with Crippen molar-refractivity contribution in [2.75, 3.05) is 19.7 Å². The van der Waals surface area contributed by atoms with Crippen LogP contribution in [0.5, 0.6) is 5.75 Å². The van der Waals surface area contributed by atoms with E-state index in [0.717, 1.165) is 10.7 Å². The van der Waals surface area contributed by atoms with Gasteiger partial charge in [0.15, 0.2) is 12.4 Å². The van der Waals surface area contributed by atoms with Crippen molar-refractivity contribution in [3.63, 3.8) is 0 Å². The molecule has 0 aliphatic carbocycles. The van der Waals surface area contributed by atoms with Gasteiger partial charge >= 0.3 is 0 Å². The molecule has 0 aliphatic heterocycles. The van der Waals surface area contributed by atoms with Crippen LogP contribution >= 0.6 is 11.6 Å². The highest BCUT2D eigenvalue weighted by Crippen LogP contribution is 2.29. The average molecular weight is 405 g/mol. The Morgan fingerprint density at radius 3 is 2.68 bits per heavy atom. The lowest BCUT2D eigenvalue weighted by Crippen LogP contribution is -2.34. The third-order valence-corrected chi connectivity index (χ3v) is 4.56. The van der Waals surface area contributed by atoms with Crippen molar-refractivity contribution >= 4 is 28.4 Å². The number of carbonyl (C=O) groups excluding carboxylic acids is 1. The lowest BCUT2D eigenvalue weighted by molar-refractivity contribution is -0.132. The van der Waals surface area contributed by atoms with E-state index in [0.29, 0.717) is 24.0 Å². The maximum absolute atomic E-state index is 14.5. The molecule has 3 rings (SSSR count). The first-order valence-electron chi connectivity index (χ1n) is 8.71. The van der Waals surface area contributed by atoms with Crippen molar-refractivity contribution in [3.8, 4) is 11.4 Å². The van der Waals surface area contributed by atoms with E-state index in [1.54, 1.807) is 29.2 Å². The van der Waals surface area contributed by atoms with E-state index >= 15 is 0 Å². The molecule has 1 heterocycles. The van der Waals surface area contributed by atoms with Crippen molar-refractivity contribution in [1.29, 1.82) is 0 Å². The molecule has 28 heavy (non-hydrogen) atoms. The monoisotopic (exact) mass is 404 g/mol. The molecule has 1 aromatic heterocycles. The molecule has 0 N–H and O–H groups in total. The smallest absolute Gasteiger partial charge is 0.282 e. The van der Waals surface area contributed by atoms with Crippen LogP contribution in [0.25, 0.3) is 16.6 Å². The van der Waals surface area contributed by atoms with Gasteiger partial charge in [-0.25, -0.2) is 4.39 Å². The standard InChI is InChI=1S/C19H18ClFN4O3/c1-3-24(4-2)18(26)11-28-17-10-16(14(21)9-13(17)20)25-19(27)12-7-5-6-8-15(12)22-23-25/h5-10H,3-4,11H2,1-2H3. The normalized spacial score (nSPS) is 10.9. The predicted molar refractivity (Wildman–Crippen MR) is 104 cm³/mol. The van der Waals surface area contributed by atoms with E-state index in [4.69, 9.17) is 16.3 Å². The molecule has 0 spiro atoms. The number of halogens is 2. The molecule has 0 bridgehead atoms. The fourth-order valence-corrected chi connectivity index (χ4v) is 2.95. The Bertz CT molecular complexity index is 1080. The van der Waals surface area contributed by atoms with Gasteiger partial charge in [-0.05, 0) is 32.0 Å². The fourth-order valence-electron chi connectivity index (χ4n) is 2.75. The SMILES string of the molecule is CCN(CC)C(=O)COc1cc(-n2nnc3ccccc3c2=O)c(F)cc1Cl. The highest BCUT2D eigenvalue weighted by molar-refractivity contribution is 6.32. The molecule has 9 heteroatoms. The molecule has 0 saturated carbocycles. The van der Waals surface area contributed by atoms with E-state index in [1.165, 1.54) is 6.07 Å². The number of amides is 1. The number of hydrogen-bond acceptors (Lipinski definition) is 5. The largest absolute Gasteiger partial charge is 0.482 e. The summed E-state index contributed by atoms with van der Waals surface area (Å²) in [5, 5.41) is 8.02. The number of benzene rings is 2. The minimum Gasteiger partial charge on any atom is -0.482 e. The highest BCUT2D eigenvalue weighted by atomic mass is 35.5. The van der Waals surface area contributed by atoms with E-state index in [-0.39, 0.29) is 29.0 Å². The summed E-state index contributed by atoms with van der Waals surface area (Å²) in [4.78, 5) is 26.4. The van der Waals surface area contributed by atoms with Crippen LogP contribution in [0.3, 0.4) is 0 Å². The molecule has 0 atom stereocenters. The topological polar surface area (TPSA) is 77.3 Å². The number of fused-ring (bicyclic) bond motifs is 1. The number of nitrogens with zero attached hydrogens (tertiary/aromatic N) is 4. The average Bonchev–Trinajstić information content (AvgIpc) is 2.69.